The molecule has 1 N–H and O–H groups in total. The zero-order valence-electron chi connectivity index (χ0n) is 18.7. The molecule has 1 aliphatic heterocycles. The lowest BCUT2D eigenvalue weighted by Crippen LogP contribution is -2.48. The van der Waals surface area contributed by atoms with Crippen molar-refractivity contribution in [1.29, 1.82) is 0 Å². The molecule has 8 heteroatoms. The summed E-state index contributed by atoms with van der Waals surface area (Å²) in [5.41, 5.74) is 2.68. The number of nitrogens with one attached hydrogen (secondary N) is 1. The highest BCUT2D eigenvalue weighted by atomic mass is 16.2. The van der Waals surface area contributed by atoms with Crippen molar-refractivity contribution in [3.05, 3.63) is 66.4 Å². The first-order valence-corrected chi connectivity index (χ1v) is 11.7. The van der Waals surface area contributed by atoms with Crippen LogP contribution in [0.5, 0.6) is 0 Å². The van der Waals surface area contributed by atoms with Crippen molar-refractivity contribution in [2.45, 2.75) is 25.8 Å². The average molecular weight is 444 g/mol. The molecule has 5 rings (SSSR count). The Labute approximate surface area is 193 Å². The van der Waals surface area contributed by atoms with Crippen LogP contribution >= 0.6 is 0 Å². The molecule has 0 radical (unpaired) electrons. The maximum Gasteiger partial charge on any atom is 0.270 e. The highest BCUT2D eigenvalue weighted by Crippen LogP contribution is 2.17. The maximum absolute atomic E-state index is 12.9. The van der Waals surface area contributed by atoms with Gasteiger partial charge in [0.2, 0.25) is 5.82 Å². The van der Waals surface area contributed by atoms with Gasteiger partial charge in [-0.2, -0.15) is 4.80 Å². The van der Waals surface area contributed by atoms with Gasteiger partial charge in [-0.1, -0.05) is 55.0 Å². The molecule has 4 aromatic rings. The zero-order valence-corrected chi connectivity index (χ0v) is 18.7. The van der Waals surface area contributed by atoms with E-state index in [1.807, 2.05) is 65.6 Å². The first-order valence-electron chi connectivity index (χ1n) is 11.7. The smallest absolute Gasteiger partial charge is 0.270 e. The van der Waals surface area contributed by atoms with Crippen molar-refractivity contribution in [2.75, 3.05) is 32.7 Å². The molecule has 0 saturated carbocycles. The van der Waals surface area contributed by atoms with Crippen LogP contribution < -0.4 is 0 Å². The molecule has 1 amide bonds. The Morgan fingerprint density at radius 1 is 0.879 bits per heavy atom. The molecule has 0 bridgehead atoms. The number of hydrogen-bond acceptors (Lipinski definition) is 5. The van der Waals surface area contributed by atoms with Crippen LogP contribution in [0.3, 0.4) is 0 Å². The molecular weight excluding hydrogens is 414 g/mol. The second-order valence-electron chi connectivity index (χ2n) is 8.54. The van der Waals surface area contributed by atoms with Gasteiger partial charge in [0.05, 0.1) is 6.54 Å². The Morgan fingerprint density at radius 2 is 1.64 bits per heavy atom. The number of H-pyrrole nitrogens is 1. The normalized spacial score (nSPS) is 14.7. The number of carbonyl (C=O) groups excluding carboxylic acids is 1. The largest absolute Gasteiger partial charge is 0.351 e. The third kappa shape index (κ3) is 5.12. The number of para-hydroxylation sites is 1. The summed E-state index contributed by atoms with van der Waals surface area (Å²) in [7, 11) is 0. The molecule has 33 heavy (non-hydrogen) atoms. The SMILES string of the molecule is O=C(c1cc2ccccc2[nH]1)N1CCN(CCCCCn2nnc(-c3ccccc3)n2)CC1. The highest BCUT2D eigenvalue weighted by Gasteiger charge is 2.23. The predicted octanol–water partition coefficient (Wildman–Crippen LogP) is 3.45. The number of tetrazole rings is 1. The average Bonchev–Trinajstić information content (AvgIpc) is 3.52. The van der Waals surface area contributed by atoms with Crippen LogP contribution in [0.1, 0.15) is 29.8 Å². The molecular formula is C25H29N7O. The minimum Gasteiger partial charge on any atom is -0.351 e. The van der Waals surface area contributed by atoms with Crippen LogP contribution in [0.2, 0.25) is 0 Å². The third-order valence-corrected chi connectivity index (χ3v) is 6.24. The van der Waals surface area contributed by atoms with E-state index in [0.29, 0.717) is 11.5 Å². The number of aryl methyl sites for hydroxylation is 1. The van der Waals surface area contributed by atoms with Crippen molar-refractivity contribution in [3.8, 4) is 11.4 Å². The summed E-state index contributed by atoms with van der Waals surface area (Å²) in [6.45, 7) is 5.26. The first-order chi connectivity index (χ1) is 16.3. The fourth-order valence-corrected chi connectivity index (χ4v) is 4.34. The van der Waals surface area contributed by atoms with Crippen LogP contribution in [0.25, 0.3) is 22.3 Å². The van der Waals surface area contributed by atoms with Crippen LogP contribution in [0.15, 0.2) is 60.7 Å². The number of aromatic amines is 1. The molecule has 3 heterocycles. The van der Waals surface area contributed by atoms with E-state index in [4.69, 9.17) is 0 Å². The summed E-state index contributed by atoms with van der Waals surface area (Å²) in [6, 6.07) is 19.9. The van der Waals surface area contributed by atoms with Gasteiger partial charge in [-0.15, -0.1) is 10.2 Å². The summed E-state index contributed by atoms with van der Waals surface area (Å²) in [5, 5.41) is 13.9. The van der Waals surface area contributed by atoms with E-state index in [9.17, 15) is 4.79 Å². The van der Waals surface area contributed by atoms with Gasteiger partial charge in [0.15, 0.2) is 0 Å². The number of fused-ring (bicyclic) bond motifs is 1. The second kappa shape index (κ2) is 9.95. The van der Waals surface area contributed by atoms with Gasteiger partial charge in [0.1, 0.15) is 5.69 Å². The van der Waals surface area contributed by atoms with Crippen molar-refractivity contribution >= 4 is 16.8 Å². The lowest BCUT2D eigenvalue weighted by Gasteiger charge is -2.34. The second-order valence-corrected chi connectivity index (χ2v) is 8.54. The van der Waals surface area contributed by atoms with Gasteiger partial charge in [-0.25, -0.2) is 0 Å². The Kier molecular flexibility index (Phi) is 6.44. The van der Waals surface area contributed by atoms with E-state index in [0.717, 1.165) is 75.0 Å². The van der Waals surface area contributed by atoms with Crippen molar-refractivity contribution in [1.82, 2.24) is 35.0 Å². The minimum atomic E-state index is 0.0982. The van der Waals surface area contributed by atoms with Crippen LogP contribution in [0, 0.1) is 0 Å². The lowest BCUT2D eigenvalue weighted by molar-refractivity contribution is 0.0630. The molecule has 0 spiro atoms. The van der Waals surface area contributed by atoms with Crippen LogP contribution in [0.4, 0.5) is 0 Å². The third-order valence-electron chi connectivity index (χ3n) is 6.24. The highest BCUT2D eigenvalue weighted by molar-refractivity contribution is 5.98. The number of aromatic nitrogens is 5. The minimum absolute atomic E-state index is 0.0982. The molecule has 0 unspecified atom stereocenters. The van der Waals surface area contributed by atoms with Gasteiger partial charge in [0.25, 0.3) is 5.91 Å². The van der Waals surface area contributed by atoms with Crippen molar-refractivity contribution in [2.24, 2.45) is 0 Å². The molecule has 1 saturated heterocycles. The number of rotatable bonds is 8. The number of piperazine rings is 1. The number of hydrogen-bond donors (Lipinski definition) is 1. The van der Waals surface area contributed by atoms with E-state index in [1.54, 1.807) is 4.80 Å². The number of benzene rings is 2. The Bertz CT molecular complexity index is 1160. The maximum atomic E-state index is 12.9. The summed E-state index contributed by atoms with van der Waals surface area (Å²) in [5.74, 6) is 0.775. The lowest BCUT2D eigenvalue weighted by atomic mass is 10.2. The summed E-state index contributed by atoms with van der Waals surface area (Å²) in [6.07, 6.45) is 3.29. The van der Waals surface area contributed by atoms with Gasteiger partial charge < -0.3 is 9.88 Å². The summed E-state index contributed by atoms with van der Waals surface area (Å²) >= 11 is 0. The predicted molar refractivity (Wildman–Crippen MR) is 128 cm³/mol. The van der Waals surface area contributed by atoms with Gasteiger partial charge in [-0.3, -0.25) is 9.69 Å². The molecule has 2 aromatic carbocycles. The monoisotopic (exact) mass is 443 g/mol. The van der Waals surface area contributed by atoms with Gasteiger partial charge in [0, 0.05) is 42.6 Å². The van der Waals surface area contributed by atoms with E-state index in [2.05, 4.69) is 25.3 Å². The number of nitrogens with zero attached hydrogens (tertiary/aromatic N) is 6. The molecule has 1 fully saturated rings. The Hall–Kier alpha value is -3.52. The van der Waals surface area contributed by atoms with Gasteiger partial charge >= 0.3 is 0 Å². The number of carbonyl (C=O) groups is 1. The molecule has 8 nitrogen and oxygen atoms in total. The summed E-state index contributed by atoms with van der Waals surface area (Å²) < 4.78 is 0. The van der Waals surface area contributed by atoms with Gasteiger partial charge in [-0.05, 0) is 36.7 Å². The Morgan fingerprint density at radius 3 is 2.45 bits per heavy atom. The number of unbranched alkanes of at least 4 members (excludes halogenated alkanes) is 2. The topological polar surface area (TPSA) is 82.9 Å². The fraction of sp³-hybridized carbons (Fsp3) is 0.360. The standard InChI is InChI=1S/C25H29N7O/c33-25(23-19-21-11-5-6-12-22(21)26-23)31-17-15-30(16-18-31)13-7-2-8-14-32-28-24(27-29-32)20-9-3-1-4-10-20/h1,3-6,9-12,19,26H,2,7-8,13-18H2. The van der Waals surface area contributed by atoms with E-state index < -0.39 is 0 Å². The number of amides is 1. The molecule has 1 aliphatic rings. The molecule has 0 atom stereocenters. The fourth-order valence-electron chi connectivity index (χ4n) is 4.34. The van der Waals surface area contributed by atoms with E-state index >= 15 is 0 Å². The van der Waals surface area contributed by atoms with Crippen LogP contribution in [-0.2, 0) is 6.54 Å². The van der Waals surface area contributed by atoms with Crippen molar-refractivity contribution < 1.29 is 4.79 Å². The molecule has 2 aromatic heterocycles. The van der Waals surface area contributed by atoms with E-state index in [1.165, 1.54) is 0 Å². The quantitative estimate of drug-likeness (QED) is 0.422. The Balaban J connectivity index is 1.01. The van der Waals surface area contributed by atoms with Crippen LogP contribution in [-0.4, -0.2) is 73.6 Å². The first kappa shape index (κ1) is 21.3. The van der Waals surface area contributed by atoms with Crippen molar-refractivity contribution in [3.63, 3.8) is 0 Å². The van der Waals surface area contributed by atoms with E-state index in [-0.39, 0.29) is 5.91 Å². The zero-order chi connectivity index (χ0) is 22.5. The molecule has 0 aliphatic carbocycles. The summed E-state index contributed by atoms with van der Waals surface area (Å²) in [4.78, 5) is 22.2. The molecule has 170 valence electrons.